The molecule has 0 saturated carbocycles. The lowest BCUT2D eigenvalue weighted by Crippen LogP contribution is -2.42. The maximum atomic E-state index is 12.9. The van der Waals surface area contributed by atoms with Gasteiger partial charge >= 0.3 is 0 Å². The number of hydrogen-bond donors (Lipinski definition) is 2. The minimum absolute atomic E-state index is 0.107. The molecule has 0 saturated heterocycles. The van der Waals surface area contributed by atoms with Gasteiger partial charge < -0.3 is 15.8 Å². The maximum absolute atomic E-state index is 12.9. The summed E-state index contributed by atoms with van der Waals surface area (Å²) in [4.78, 5) is 18.0. The second-order valence-corrected chi connectivity index (χ2v) is 7.84. The standard InChI is InChI=1S/C21H21N3O2S/c1-13-19(21(25)24-17-9-10-23-20(17)22)16-11-15(7-8-18(16)27-13)26-12-14-5-3-2-4-6-14/h2-8,11,17H,9-10,12H2,1H3,(H2,22,23)(H,24,25). The third kappa shape index (κ3) is 3.66. The van der Waals surface area contributed by atoms with Crippen LogP contribution >= 0.6 is 11.3 Å². The molecule has 4 rings (SSSR count). The second-order valence-electron chi connectivity index (χ2n) is 6.59. The number of carbonyl (C=O) groups excluding carboxylic acids is 1. The summed E-state index contributed by atoms with van der Waals surface area (Å²) in [6.45, 7) is 3.12. The van der Waals surface area contributed by atoms with E-state index in [4.69, 9.17) is 10.5 Å². The van der Waals surface area contributed by atoms with E-state index < -0.39 is 0 Å². The van der Waals surface area contributed by atoms with Crippen molar-refractivity contribution in [1.82, 2.24) is 5.32 Å². The molecular weight excluding hydrogens is 358 g/mol. The van der Waals surface area contributed by atoms with Crippen LogP contribution in [0.25, 0.3) is 10.1 Å². The van der Waals surface area contributed by atoms with Gasteiger partial charge in [0.15, 0.2) is 0 Å². The first-order valence-corrected chi connectivity index (χ1v) is 9.74. The van der Waals surface area contributed by atoms with Crippen LogP contribution in [0.4, 0.5) is 0 Å². The van der Waals surface area contributed by atoms with Crippen LogP contribution in [-0.2, 0) is 6.61 Å². The molecule has 6 heteroatoms. The Balaban J connectivity index is 1.57. The molecule has 1 aliphatic heterocycles. The van der Waals surface area contributed by atoms with E-state index in [9.17, 15) is 4.79 Å². The number of thiophene rings is 1. The zero-order valence-electron chi connectivity index (χ0n) is 15.1. The third-order valence-electron chi connectivity index (χ3n) is 4.69. The number of carbonyl (C=O) groups is 1. The lowest BCUT2D eigenvalue weighted by molar-refractivity contribution is 0.0948. The molecule has 0 bridgehead atoms. The highest BCUT2D eigenvalue weighted by Crippen LogP contribution is 2.33. The van der Waals surface area contributed by atoms with Gasteiger partial charge in [-0.3, -0.25) is 9.79 Å². The predicted octanol–water partition coefficient (Wildman–Crippen LogP) is 3.65. The first-order valence-electron chi connectivity index (χ1n) is 8.92. The Labute approximate surface area is 161 Å². The van der Waals surface area contributed by atoms with Crippen LogP contribution in [0.2, 0.25) is 0 Å². The molecule has 2 heterocycles. The zero-order chi connectivity index (χ0) is 18.8. The molecular formula is C21H21N3O2S. The summed E-state index contributed by atoms with van der Waals surface area (Å²) in [7, 11) is 0. The second kappa shape index (κ2) is 7.40. The van der Waals surface area contributed by atoms with Crippen LogP contribution in [0.15, 0.2) is 53.5 Å². The molecule has 138 valence electrons. The number of hydrogen-bond acceptors (Lipinski definition) is 5. The molecule has 27 heavy (non-hydrogen) atoms. The fourth-order valence-corrected chi connectivity index (χ4v) is 4.31. The van der Waals surface area contributed by atoms with Gasteiger partial charge in [-0.15, -0.1) is 11.3 Å². The number of fused-ring (bicyclic) bond motifs is 1. The van der Waals surface area contributed by atoms with Crippen molar-refractivity contribution in [3.8, 4) is 5.75 Å². The van der Waals surface area contributed by atoms with Crippen LogP contribution in [0, 0.1) is 6.92 Å². The minimum Gasteiger partial charge on any atom is -0.489 e. The summed E-state index contributed by atoms with van der Waals surface area (Å²) >= 11 is 1.61. The average molecular weight is 379 g/mol. The van der Waals surface area contributed by atoms with Crippen molar-refractivity contribution in [3.05, 3.63) is 64.5 Å². The van der Waals surface area contributed by atoms with E-state index in [0.29, 0.717) is 24.6 Å². The van der Waals surface area contributed by atoms with Crippen molar-refractivity contribution in [3.63, 3.8) is 0 Å². The predicted molar refractivity (Wildman–Crippen MR) is 110 cm³/mol. The summed E-state index contributed by atoms with van der Waals surface area (Å²) in [5, 5.41) is 3.92. The fourth-order valence-electron chi connectivity index (χ4n) is 3.27. The summed E-state index contributed by atoms with van der Waals surface area (Å²) in [5.41, 5.74) is 7.67. The van der Waals surface area contributed by atoms with Gasteiger partial charge in [0.1, 0.15) is 18.2 Å². The quantitative estimate of drug-likeness (QED) is 0.710. The molecule has 1 amide bonds. The molecule has 1 atom stereocenters. The van der Waals surface area contributed by atoms with Gasteiger partial charge in [-0.2, -0.15) is 0 Å². The van der Waals surface area contributed by atoms with E-state index in [1.54, 1.807) is 11.3 Å². The molecule has 5 nitrogen and oxygen atoms in total. The molecule has 1 aliphatic rings. The number of benzene rings is 2. The lowest BCUT2D eigenvalue weighted by atomic mass is 10.1. The van der Waals surface area contributed by atoms with Crippen LogP contribution in [0.3, 0.4) is 0 Å². The van der Waals surface area contributed by atoms with E-state index in [1.807, 2.05) is 55.5 Å². The van der Waals surface area contributed by atoms with Gasteiger partial charge in [0, 0.05) is 21.5 Å². The number of nitrogens with one attached hydrogen (secondary N) is 1. The van der Waals surface area contributed by atoms with Crippen LogP contribution in [-0.4, -0.2) is 24.3 Å². The molecule has 1 unspecified atom stereocenters. The Bertz CT molecular complexity index is 1010. The minimum atomic E-state index is -0.177. The van der Waals surface area contributed by atoms with Gasteiger partial charge in [-0.25, -0.2) is 0 Å². The molecule has 3 N–H and O–H groups in total. The first kappa shape index (κ1) is 17.5. The molecule has 0 aliphatic carbocycles. The number of aliphatic imine (C=N–C) groups is 1. The van der Waals surface area contributed by atoms with Crippen molar-refractivity contribution in [1.29, 1.82) is 0 Å². The highest BCUT2D eigenvalue weighted by molar-refractivity contribution is 7.19. The highest BCUT2D eigenvalue weighted by Gasteiger charge is 2.24. The molecule has 2 aromatic carbocycles. The summed E-state index contributed by atoms with van der Waals surface area (Å²) in [6, 6.07) is 15.7. The monoisotopic (exact) mass is 379 g/mol. The SMILES string of the molecule is Cc1sc2ccc(OCc3ccccc3)cc2c1C(=O)NC1CCN=C1N. The maximum Gasteiger partial charge on any atom is 0.253 e. The third-order valence-corrected chi connectivity index (χ3v) is 5.77. The molecule has 3 aromatic rings. The Morgan fingerprint density at radius 3 is 2.85 bits per heavy atom. The smallest absolute Gasteiger partial charge is 0.253 e. The van der Waals surface area contributed by atoms with Crippen molar-refractivity contribution in [2.24, 2.45) is 10.7 Å². The molecule has 1 aromatic heterocycles. The Morgan fingerprint density at radius 2 is 2.11 bits per heavy atom. The van der Waals surface area contributed by atoms with Crippen molar-refractivity contribution >= 4 is 33.2 Å². The van der Waals surface area contributed by atoms with Crippen molar-refractivity contribution < 1.29 is 9.53 Å². The van der Waals surface area contributed by atoms with E-state index in [1.165, 1.54) is 0 Å². The van der Waals surface area contributed by atoms with Crippen LogP contribution in [0.1, 0.15) is 27.2 Å². The zero-order valence-corrected chi connectivity index (χ0v) is 15.9. The fraction of sp³-hybridized carbons (Fsp3) is 0.238. The molecule has 0 radical (unpaired) electrons. The van der Waals surface area contributed by atoms with Gasteiger partial charge in [-0.05, 0) is 37.1 Å². The Hall–Kier alpha value is -2.86. The van der Waals surface area contributed by atoms with Gasteiger partial charge in [-0.1, -0.05) is 30.3 Å². The van der Waals surface area contributed by atoms with E-state index >= 15 is 0 Å². The number of rotatable bonds is 5. The average Bonchev–Trinajstić information content (AvgIpc) is 3.22. The summed E-state index contributed by atoms with van der Waals surface area (Å²) in [5.74, 6) is 1.15. The topological polar surface area (TPSA) is 76.7 Å². The number of aryl methyl sites for hydroxylation is 1. The van der Waals surface area contributed by atoms with Gasteiger partial charge in [0.2, 0.25) is 0 Å². The largest absolute Gasteiger partial charge is 0.489 e. The van der Waals surface area contributed by atoms with Gasteiger partial charge in [0.05, 0.1) is 11.6 Å². The summed E-state index contributed by atoms with van der Waals surface area (Å²) < 4.78 is 7.00. The molecule has 0 spiro atoms. The van der Waals surface area contributed by atoms with Crippen molar-refractivity contribution in [2.45, 2.75) is 26.0 Å². The number of amidine groups is 1. The van der Waals surface area contributed by atoms with E-state index in [-0.39, 0.29) is 11.9 Å². The summed E-state index contributed by atoms with van der Waals surface area (Å²) in [6.07, 6.45) is 0.754. The van der Waals surface area contributed by atoms with Crippen LogP contribution in [0.5, 0.6) is 5.75 Å². The van der Waals surface area contributed by atoms with Crippen molar-refractivity contribution in [2.75, 3.05) is 6.54 Å². The first-order chi connectivity index (χ1) is 13.1. The van der Waals surface area contributed by atoms with Gasteiger partial charge in [0.25, 0.3) is 5.91 Å². The number of amides is 1. The normalized spacial score (nSPS) is 16.3. The van der Waals surface area contributed by atoms with E-state index in [0.717, 1.165) is 32.7 Å². The Kier molecular flexibility index (Phi) is 4.81. The number of nitrogens with two attached hydrogens (primary N) is 1. The lowest BCUT2D eigenvalue weighted by Gasteiger charge is -2.13. The van der Waals surface area contributed by atoms with Crippen LogP contribution < -0.4 is 15.8 Å². The van der Waals surface area contributed by atoms with E-state index in [2.05, 4.69) is 10.3 Å². The number of ether oxygens (including phenoxy) is 1. The molecule has 0 fully saturated rings. The highest BCUT2D eigenvalue weighted by atomic mass is 32.1. The Morgan fingerprint density at radius 1 is 1.30 bits per heavy atom. The number of nitrogens with zero attached hydrogens (tertiary/aromatic N) is 1.